The first kappa shape index (κ1) is 19.8. The van der Waals surface area contributed by atoms with Crippen molar-refractivity contribution in [2.45, 2.75) is 70.7 Å². The molecule has 2 saturated carbocycles. The lowest BCUT2D eigenvalue weighted by Gasteiger charge is -2.50. The molecule has 1 aliphatic heterocycles. The van der Waals surface area contributed by atoms with Crippen molar-refractivity contribution >= 4 is 5.97 Å². The molecule has 5 heteroatoms. The first-order valence-electron chi connectivity index (χ1n) is 10.0. The molecule has 3 aliphatic rings. The molecule has 0 radical (unpaired) electrons. The molecule has 0 aromatic rings. The summed E-state index contributed by atoms with van der Waals surface area (Å²) in [4.78, 5) is 11.5. The van der Waals surface area contributed by atoms with E-state index in [0.717, 1.165) is 25.7 Å². The second-order valence-electron chi connectivity index (χ2n) is 8.77. The summed E-state index contributed by atoms with van der Waals surface area (Å²) in [5, 5.41) is 10.5. The highest BCUT2D eigenvalue weighted by molar-refractivity contribution is 5.87. The summed E-state index contributed by atoms with van der Waals surface area (Å²) >= 11 is 0. The summed E-state index contributed by atoms with van der Waals surface area (Å²) in [5.74, 6) is 0.565. The van der Waals surface area contributed by atoms with Crippen LogP contribution in [0.5, 0.6) is 0 Å². The van der Waals surface area contributed by atoms with Gasteiger partial charge in [0, 0.05) is 24.3 Å². The molecule has 3 rings (SSSR count). The van der Waals surface area contributed by atoms with Gasteiger partial charge in [0.25, 0.3) is 0 Å². The number of rotatable bonds is 6. The van der Waals surface area contributed by atoms with E-state index in [9.17, 15) is 9.90 Å². The minimum atomic E-state index is -0.559. The third-order valence-corrected chi connectivity index (χ3v) is 7.24. The summed E-state index contributed by atoms with van der Waals surface area (Å²) in [6, 6.07) is 0. The van der Waals surface area contributed by atoms with E-state index in [1.807, 2.05) is 0 Å². The van der Waals surface area contributed by atoms with Gasteiger partial charge < -0.3 is 19.3 Å². The molecule has 5 nitrogen and oxygen atoms in total. The third kappa shape index (κ3) is 3.46. The van der Waals surface area contributed by atoms with E-state index in [0.29, 0.717) is 43.0 Å². The molecule has 5 atom stereocenters. The van der Waals surface area contributed by atoms with Crippen molar-refractivity contribution in [3.05, 3.63) is 12.2 Å². The average Bonchev–Trinajstić information content (AvgIpc) is 3.19. The topological polar surface area (TPSA) is 65.0 Å². The number of aliphatic hydroxyl groups is 1. The van der Waals surface area contributed by atoms with E-state index in [1.165, 1.54) is 13.5 Å². The number of ether oxygens (including phenoxy) is 3. The Labute approximate surface area is 157 Å². The van der Waals surface area contributed by atoms with E-state index in [1.54, 1.807) is 0 Å². The summed E-state index contributed by atoms with van der Waals surface area (Å²) in [6.07, 6.45) is 6.03. The van der Waals surface area contributed by atoms with Gasteiger partial charge in [-0.25, -0.2) is 4.79 Å². The van der Waals surface area contributed by atoms with Gasteiger partial charge in [0.15, 0.2) is 5.79 Å². The van der Waals surface area contributed by atoms with Crippen LogP contribution in [0.4, 0.5) is 0 Å². The largest absolute Gasteiger partial charge is 0.466 e. The fraction of sp³-hybridized carbons (Fsp3) is 0.857. The Hall–Kier alpha value is -0.910. The molecule has 26 heavy (non-hydrogen) atoms. The minimum absolute atomic E-state index is 0.196. The normalized spacial score (nSPS) is 35.1. The van der Waals surface area contributed by atoms with Crippen LogP contribution in [0.25, 0.3) is 0 Å². The number of carbonyl (C=O) groups is 1. The summed E-state index contributed by atoms with van der Waals surface area (Å²) in [6.45, 7) is 9.79. The van der Waals surface area contributed by atoms with Crippen molar-refractivity contribution in [3.63, 3.8) is 0 Å². The maximum absolute atomic E-state index is 11.5. The summed E-state index contributed by atoms with van der Waals surface area (Å²) in [7, 11) is 1.34. The first-order chi connectivity index (χ1) is 12.3. The molecule has 2 unspecified atom stereocenters. The van der Waals surface area contributed by atoms with Crippen LogP contribution >= 0.6 is 0 Å². The van der Waals surface area contributed by atoms with Crippen LogP contribution in [-0.2, 0) is 19.0 Å². The van der Waals surface area contributed by atoms with Crippen molar-refractivity contribution in [3.8, 4) is 0 Å². The Bertz CT molecular complexity index is 539. The van der Waals surface area contributed by atoms with Gasteiger partial charge in [-0.1, -0.05) is 20.4 Å². The van der Waals surface area contributed by atoms with E-state index in [2.05, 4.69) is 25.2 Å². The van der Waals surface area contributed by atoms with Gasteiger partial charge in [-0.2, -0.15) is 0 Å². The fourth-order valence-electron chi connectivity index (χ4n) is 6.18. The standard InChI is InChI=1S/C21H34O5/c1-14(12-16(22)13-15(2)19(23)24-4)17-6-7-18-20(17,3)8-5-9-21(18)25-10-11-26-21/h14,16-18,22H,2,5-13H2,1,3-4H3/t14-,16?,17-,18?,20-/m1/s1. The van der Waals surface area contributed by atoms with Gasteiger partial charge in [-0.15, -0.1) is 0 Å². The van der Waals surface area contributed by atoms with Gasteiger partial charge in [0.2, 0.25) is 0 Å². The molecule has 0 aromatic heterocycles. The highest BCUT2D eigenvalue weighted by Crippen LogP contribution is 2.62. The number of fused-ring (bicyclic) bond motifs is 2. The SMILES string of the molecule is C=C(CC(O)C[C@@H](C)[C@H]1CCC2C3(CCC[C@@]21C)OCCO3)C(=O)OC. The van der Waals surface area contributed by atoms with E-state index >= 15 is 0 Å². The van der Waals surface area contributed by atoms with E-state index in [4.69, 9.17) is 9.47 Å². The van der Waals surface area contributed by atoms with E-state index < -0.39 is 12.1 Å². The molecule has 2 aliphatic carbocycles. The van der Waals surface area contributed by atoms with Crippen LogP contribution in [0.1, 0.15) is 58.8 Å². The molecular formula is C21H34O5. The number of carbonyl (C=O) groups excluding carboxylic acids is 1. The second-order valence-corrected chi connectivity index (χ2v) is 8.77. The highest BCUT2D eigenvalue weighted by atomic mass is 16.7. The lowest BCUT2D eigenvalue weighted by atomic mass is 9.60. The Morgan fingerprint density at radius 1 is 1.31 bits per heavy atom. The maximum atomic E-state index is 11.5. The monoisotopic (exact) mass is 366 g/mol. The van der Waals surface area contributed by atoms with Crippen molar-refractivity contribution in [1.82, 2.24) is 0 Å². The number of esters is 1. The number of hydrogen-bond donors (Lipinski definition) is 1. The number of hydrogen-bond acceptors (Lipinski definition) is 5. The minimum Gasteiger partial charge on any atom is -0.466 e. The zero-order chi connectivity index (χ0) is 18.9. The molecule has 0 amide bonds. The molecule has 1 spiro atoms. The van der Waals surface area contributed by atoms with Crippen LogP contribution < -0.4 is 0 Å². The molecule has 148 valence electrons. The average molecular weight is 366 g/mol. The van der Waals surface area contributed by atoms with Gasteiger partial charge >= 0.3 is 5.97 Å². The number of methoxy groups -OCH3 is 1. The van der Waals surface area contributed by atoms with Crippen LogP contribution in [0.2, 0.25) is 0 Å². The predicted octanol–water partition coefficient (Wildman–Crippen LogP) is 3.45. The Kier molecular flexibility index (Phi) is 5.80. The van der Waals surface area contributed by atoms with Crippen molar-refractivity contribution in [2.24, 2.45) is 23.2 Å². The van der Waals surface area contributed by atoms with Gasteiger partial charge in [0.05, 0.1) is 26.4 Å². The Morgan fingerprint density at radius 2 is 2.00 bits per heavy atom. The lowest BCUT2D eigenvalue weighted by Crippen LogP contribution is -2.51. The van der Waals surface area contributed by atoms with Crippen LogP contribution in [0.15, 0.2) is 12.2 Å². The van der Waals surface area contributed by atoms with Crippen LogP contribution in [-0.4, -0.2) is 43.3 Å². The Morgan fingerprint density at radius 3 is 2.65 bits per heavy atom. The molecule has 1 N–H and O–H groups in total. The highest BCUT2D eigenvalue weighted by Gasteiger charge is 2.61. The summed E-state index contributed by atoms with van der Waals surface area (Å²) < 4.78 is 16.9. The third-order valence-electron chi connectivity index (χ3n) is 7.24. The van der Waals surface area contributed by atoms with Crippen LogP contribution in [0.3, 0.4) is 0 Å². The van der Waals surface area contributed by atoms with Crippen LogP contribution in [0, 0.1) is 23.2 Å². The Balaban J connectivity index is 1.64. The van der Waals surface area contributed by atoms with Gasteiger partial charge in [-0.05, 0) is 49.4 Å². The quantitative estimate of drug-likeness (QED) is 0.576. The van der Waals surface area contributed by atoms with Gasteiger partial charge in [0.1, 0.15) is 0 Å². The van der Waals surface area contributed by atoms with E-state index in [-0.39, 0.29) is 17.6 Å². The second kappa shape index (κ2) is 7.61. The van der Waals surface area contributed by atoms with Crippen molar-refractivity contribution < 1.29 is 24.1 Å². The zero-order valence-electron chi connectivity index (χ0n) is 16.5. The zero-order valence-corrected chi connectivity index (χ0v) is 16.5. The summed E-state index contributed by atoms with van der Waals surface area (Å²) in [5.41, 5.74) is 0.535. The maximum Gasteiger partial charge on any atom is 0.333 e. The first-order valence-corrected chi connectivity index (χ1v) is 10.0. The molecule has 1 heterocycles. The fourth-order valence-corrected chi connectivity index (χ4v) is 6.18. The number of aliphatic hydroxyl groups excluding tert-OH is 1. The van der Waals surface area contributed by atoms with Crippen molar-refractivity contribution in [1.29, 1.82) is 0 Å². The molecule has 1 saturated heterocycles. The van der Waals surface area contributed by atoms with Gasteiger partial charge in [-0.3, -0.25) is 0 Å². The predicted molar refractivity (Wildman–Crippen MR) is 98.4 cm³/mol. The molecule has 0 bridgehead atoms. The molecule has 3 fully saturated rings. The lowest BCUT2D eigenvalue weighted by molar-refractivity contribution is -0.241. The smallest absolute Gasteiger partial charge is 0.333 e. The molecular weight excluding hydrogens is 332 g/mol. The van der Waals surface area contributed by atoms with Crippen molar-refractivity contribution in [2.75, 3.05) is 20.3 Å². The molecule has 0 aromatic carbocycles.